The van der Waals surface area contributed by atoms with Gasteiger partial charge in [0.05, 0.1) is 5.69 Å². The van der Waals surface area contributed by atoms with Crippen molar-refractivity contribution in [2.45, 2.75) is 32.7 Å². The first kappa shape index (κ1) is 13.3. The van der Waals surface area contributed by atoms with Gasteiger partial charge in [-0.05, 0) is 25.5 Å². The van der Waals surface area contributed by atoms with Gasteiger partial charge in [0.2, 0.25) is 0 Å². The Kier molecular flexibility index (Phi) is 4.31. The summed E-state index contributed by atoms with van der Waals surface area (Å²) in [5.41, 5.74) is 11.9. The van der Waals surface area contributed by atoms with Gasteiger partial charge in [-0.15, -0.1) is 0 Å². The van der Waals surface area contributed by atoms with Gasteiger partial charge in [-0.3, -0.25) is 4.79 Å². The van der Waals surface area contributed by atoms with E-state index in [9.17, 15) is 4.79 Å². The number of primary amides is 1. The van der Waals surface area contributed by atoms with Gasteiger partial charge in [0.15, 0.2) is 5.82 Å². The number of amides is 1. The van der Waals surface area contributed by atoms with E-state index in [0.717, 1.165) is 12.8 Å². The minimum atomic E-state index is -0.539. The zero-order valence-corrected chi connectivity index (χ0v) is 10.6. The van der Waals surface area contributed by atoms with E-state index >= 15 is 0 Å². The molecule has 1 amide bonds. The molecule has 1 aromatic rings. The van der Waals surface area contributed by atoms with E-state index in [-0.39, 0.29) is 5.69 Å². The van der Waals surface area contributed by atoms with Gasteiger partial charge in [-0.1, -0.05) is 13.3 Å². The smallest absolute Gasteiger partial charge is 0.267 e. The molecule has 0 saturated carbocycles. The molecule has 0 aliphatic rings. The number of hydrogen-bond acceptors (Lipinski definition) is 4. The lowest BCUT2D eigenvalue weighted by molar-refractivity contribution is 0.0995. The van der Waals surface area contributed by atoms with Crippen LogP contribution in [0.3, 0.4) is 0 Å². The highest BCUT2D eigenvalue weighted by molar-refractivity contribution is 5.91. The van der Waals surface area contributed by atoms with Crippen molar-refractivity contribution in [3.63, 3.8) is 0 Å². The van der Waals surface area contributed by atoms with Gasteiger partial charge in [0.25, 0.3) is 5.91 Å². The van der Waals surface area contributed by atoms with Crippen molar-refractivity contribution in [3.8, 4) is 0 Å². The first-order valence-corrected chi connectivity index (χ1v) is 5.76. The molecule has 0 aliphatic heterocycles. The number of rotatable bonds is 5. The van der Waals surface area contributed by atoms with Crippen molar-refractivity contribution < 1.29 is 4.79 Å². The van der Waals surface area contributed by atoms with Crippen LogP contribution in [0.15, 0.2) is 12.1 Å². The van der Waals surface area contributed by atoms with Gasteiger partial charge in [0.1, 0.15) is 5.69 Å². The lowest BCUT2D eigenvalue weighted by Crippen LogP contribution is -2.30. The first-order chi connectivity index (χ1) is 7.97. The van der Waals surface area contributed by atoms with E-state index in [4.69, 9.17) is 11.5 Å². The van der Waals surface area contributed by atoms with Crippen LogP contribution in [0.2, 0.25) is 0 Å². The number of carbonyl (C=O) groups excluding carboxylic acids is 1. The Morgan fingerprint density at radius 2 is 2.18 bits per heavy atom. The van der Waals surface area contributed by atoms with E-state index < -0.39 is 5.91 Å². The number of nitrogen functional groups attached to an aromatic ring is 1. The molecular weight excluding hydrogens is 216 g/mol. The Morgan fingerprint density at radius 3 is 2.71 bits per heavy atom. The normalized spacial score (nSPS) is 12.2. The molecule has 5 nitrogen and oxygen atoms in total. The van der Waals surface area contributed by atoms with Gasteiger partial charge >= 0.3 is 0 Å². The molecule has 1 aromatic heterocycles. The monoisotopic (exact) mass is 236 g/mol. The zero-order chi connectivity index (χ0) is 13.0. The highest BCUT2D eigenvalue weighted by atomic mass is 16.1. The Hall–Kier alpha value is -1.78. The predicted molar refractivity (Wildman–Crippen MR) is 69.9 cm³/mol. The van der Waals surface area contributed by atoms with E-state index in [1.807, 2.05) is 11.9 Å². The van der Waals surface area contributed by atoms with Crippen LogP contribution in [0.5, 0.6) is 0 Å². The fraction of sp³-hybridized carbons (Fsp3) is 0.500. The fourth-order valence-corrected chi connectivity index (χ4v) is 1.70. The minimum absolute atomic E-state index is 0.241. The molecule has 0 radical (unpaired) electrons. The van der Waals surface area contributed by atoms with Crippen LogP contribution in [0.4, 0.5) is 11.5 Å². The fourth-order valence-electron chi connectivity index (χ4n) is 1.70. The maximum atomic E-state index is 11.1. The Labute approximate surface area is 102 Å². The lowest BCUT2D eigenvalue weighted by atomic mass is 10.1. The summed E-state index contributed by atoms with van der Waals surface area (Å²) in [4.78, 5) is 17.3. The van der Waals surface area contributed by atoms with Crippen LogP contribution in [0, 0.1) is 0 Å². The average Bonchev–Trinajstić information content (AvgIpc) is 2.28. The van der Waals surface area contributed by atoms with E-state index in [1.54, 1.807) is 12.1 Å². The summed E-state index contributed by atoms with van der Waals surface area (Å²) in [6.07, 6.45) is 2.12. The summed E-state index contributed by atoms with van der Waals surface area (Å²) in [7, 11) is 1.92. The van der Waals surface area contributed by atoms with E-state index in [1.165, 1.54) is 0 Å². The average molecular weight is 236 g/mol. The number of carbonyl (C=O) groups is 1. The third kappa shape index (κ3) is 3.09. The number of aromatic nitrogens is 1. The summed E-state index contributed by atoms with van der Waals surface area (Å²) in [5, 5.41) is 0. The highest BCUT2D eigenvalue weighted by Crippen LogP contribution is 2.22. The quantitative estimate of drug-likeness (QED) is 0.809. The largest absolute Gasteiger partial charge is 0.396 e. The van der Waals surface area contributed by atoms with Crippen LogP contribution < -0.4 is 16.4 Å². The topological polar surface area (TPSA) is 85.2 Å². The second kappa shape index (κ2) is 5.52. The Balaban J connectivity index is 3.03. The second-order valence-corrected chi connectivity index (χ2v) is 4.22. The second-order valence-electron chi connectivity index (χ2n) is 4.22. The van der Waals surface area contributed by atoms with Gasteiger partial charge in [-0.25, -0.2) is 4.98 Å². The number of pyridine rings is 1. The summed E-state index contributed by atoms with van der Waals surface area (Å²) in [6, 6.07) is 3.52. The molecule has 17 heavy (non-hydrogen) atoms. The SMILES string of the molecule is CCCC(C)N(C)c1nc(C(N)=O)ccc1N. The first-order valence-electron chi connectivity index (χ1n) is 5.76. The molecule has 0 spiro atoms. The number of nitrogens with two attached hydrogens (primary N) is 2. The van der Waals surface area contributed by atoms with Crippen molar-refractivity contribution in [2.75, 3.05) is 17.7 Å². The summed E-state index contributed by atoms with van der Waals surface area (Å²) in [5.74, 6) is 0.0741. The molecular formula is C12H20N4O. The van der Waals surface area contributed by atoms with Crippen molar-refractivity contribution in [1.29, 1.82) is 0 Å². The van der Waals surface area contributed by atoms with Crippen molar-refractivity contribution in [1.82, 2.24) is 4.98 Å². The molecule has 5 heteroatoms. The van der Waals surface area contributed by atoms with Gasteiger partial charge in [-0.2, -0.15) is 0 Å². The van der Waals surface area contributed by atoms with Crippen molar-refractivity contribution in [3.05, 3.63) is 17.8 Å². The van der Waals surface area contributed by atoms with Crippen LogP contribution in [0.25, 0.3) is 0 Å². The molecule has 0 fully saturated rings. The van der Waals surface area contributed by atoms with E-state index in [0.29, 0.717) is 17.5 Å². The van der Waals surface area contributed by atoms with Crippen molar-refractivity contribution >= 4 is 17.4 Å². The number of anilines is 2. The number of nitrogens with zero attached hydrogens (tertiary/aromatic N) is 2. The molecule has 0 aliphatic carbocycles. The summed E-state index contributed by atoms with van der Waals surface area (Å²) < 4.78 is 0. The molecule has 0 saturated heterocycles. The van der Waals surface area contributed by atoms with Crippen molar-refractivity contribution in [2.24, 2.45) is 5.73 Å². The van der Waals surface area contributed by atoms with Gasteiger partial charge in [0, 0.05) is 13.1 Å². The molecule has 1 unspecified atom stereocenters. The standard InChI is InChI=1S/C12H20N4O/c1-4-5-8(2)16(3)12-9(13)6-7-10(15-12)11(14)17/h6-8H,4-5,13H2,1-3H3,(H2,14,17). The molecule has 94 valence electrons. The summed E-state index contributed by atoms with van der Waals surface area (Å²) >= 11 is 0. The van der Waals surface area contributed by atoms with E-state index in [2.05, 4.69) is 18.8 Å². The maximum Gasteiger partial charge on any atom is 0.267 e. The van der Waals surface area contributed by atoms with Crippen LogP contribution >= 0.6 is 0 Å². The maximum absolute atomic E-state index is 11.1. The number of hydrogen-bond donors (Lipinski definition) is 2. The van der Waals surface area contributed by atoms with Crippen LogP contribution in [-0.2, 0) is 0 Å². The minimum Gasteiger partial charge on any atom is -0.396 e. The molecule has 1 heterocycles. The Morgan fingerprint density at radius 1 is 1.53 bits per heavy atom. The molecule has 1 rings (SSSR count). The van der Waals surface area contributed by atoms with Gasteiger partial charge < -0.3 is 16.4 Å². The molecule has 0 bridgehead atoms. The third-order valence-electron chi connectivity index (χ3n) is 2.86. The predicted octanol–water partition coefficient (Wildman–Crippen LogP) is 1.39. The molecule has 1 atom stereocenters. The van der Waals surface area contributed by atoms with Crippen LogP contribution in [-0.4, -0.2) is 24.0 Å². The zero-order valence-electron chi connectivity index (χ0n) is 10.6. The molecule has 4 N–H and O–H groups in total. The molecule has 0 aromatic carbocycles. The lowest BCUT2D eigenvalue weighted by Gasteiger charge is -2.27. The third-order valence-corrected chi connectivity index (χ3v) is 2.86. The van der Waals surface area contributed by atoms with Crippen LogP contribution in [0.1, 0.15) is 37.2 Å². The Bertz CT molecular complexity index is 405. The summed E-state index contributed by atoms with van der Waals surface area (Å²) in [6.45, 7) is 4.22. The highest BCUT2D eigenvalue weighted by Gasteiger charge is 2.15.